The fourth-order valence-corrected chi connectivity index (χ4v) is 1.99. The average molecular weight is 344 g/mol. The van der Waals surface area contributed by atoms with E-state index >= 15 is 0 Å². The maximum atomic E-state index is 12.5. The number of rotatable bonds is 3. The summed E-state index contributed by atoms with van der Waals surface area (Å²) in [6, 6.07) is 11.8. The van der Waals surface area contributed by atoms with E-state index in [9.17, 15) is 18.0 Å². The van der Waals surface area contributed by atoms with Gasteiger partial charge in [-0.25, -0.2) is 4.79 Å². The highest BCUT2D eigenvalue weighted by Gasteiger charge is 2.29. The molecule has 0 saturated heterocycles. The van der Waals surface area contributed by atoms with Gasteiger partial charge in [-0.15, -0.1) is 0 Å². The van der Waals surface area contributed by atoms with Gasteiger partial charge in [0.2, 0.25) is 0 Å². The number of hydrogen-bond donors (Lipinski definition) is 0. The monoisotopic (exact) mass is 344 g/mol. The van der Waals surface area contributed by atoms with Crippen LogP contribution in [0.15, 0.2) is 54.6 Å². The second kappa shape index (κ2) is 8.20. The lowest BCUT2D eigenvalue weighted by Gasteiger charge is -2.05. The minimum absolute atomic E-state index is 0.290. The standard InChI is InChI=1S/C20H15F3O2/c1-2-25-19(24)14-11-17-6-4-3-5-16(17)10-7-15-8-12-18(13-9-15)20(21,22)23/h3-6,8-9,11-14H,2H2,1H3/b14-11+. The summed E-state index contributed by atoms with van der Waals surface area (Å²) in [5.41, 5.74) is 1.13. The van der Waals surface area contributed by atoms with Crippen LogP contribution in [0.25, 0.3) is 6.08 Å². The van der Waals surface area contributed by atoms with Crippen LogP contribution in [-0.2, 0) is 15.7 Å². The molecule has 0 unspecified atom stereocenters. The molecule has 0 bridgehead atoms. The summed E-state index contributed by atoms with van der Waals surface area (Å²) in [4.78, 5) is 11.4. The van der Waals surface area contributed by atoms with Gasteiger partial charge in [-0.05, 0) is 48.9 Å². The summed E-state index contributed by atoms with van der Waals surface area (Å²) in [7, 11) is 0. The Bertz CT molecular complexity index is 823. The Kier molecular flexibility index (Phi) is 6.02. The number of ether oxygens (including phenoxy) is 1. The molecule has 0 atom stereocenters. The predicted molar refractivity (Wildman–Crippen MR) is 89.5 cm³/mol. The summed E-state index contributed by atoms with van der Waals surface area (Å²) < 4.78 is 42.5. The molecule has 0 aliphatic carbocycles. The normalized spacial score (nSPS) is 11.0. The molecule has 2 aromatic rings. The van der Waals surface area contributed by atoms with Crippen molar-refractivity contribution < 1.29 is 22.7 Å². The predicted octanol–water partition coefficient (Wildman–Crippen LogP) is 4.68. The molecule has 0 aliphatic rings. The third-order valence-corrected chi connectivity index (χ3v) is 3.20. The topological polar surface area (TPSA) is 26.3 Å². The van der Waals surface area contributed by atoms with Crippen LogP contribution < -0.4 is 0 Å². The second-order valence-corrected chi connectivity index (χ2v) is 5.00. The molecule has 128 valence electrons. The number of esters is 1. The van der Waals surface area contributed by atoms with Crippen LogP contribution in [0.5, 0.6) is 0 Å². The van der Waals surface area contributed by atoms with Crippen LogP contribution in [0.3, 0.4) is 0 Å². The lowest BCUT2D eigenvalue weighted by atomic mass is 10.1. The molecule has 2 nitrogen and oxygen atoms in total. The minimum atomic E-state index is -4.36. The Morgan fingerprint density at radius 3 is 2.40 bits per heavy atom. The van der Waals surface area contributed by atoms with E-state index in [4.69, 9.17) is 4.74 Å². The Labute approximate surface area is 143 Å². The Morgan fingerprint density at radius 2 is 1.76 bits per heavy atom. The van der Waals surface area contributed by atoms with Crippen molar-refractivity contribution in [2.24, 2.45) is 0 Å². The first kappa shape index (κ1) is 18.3. The summed E-state index contributed by atoms with van der Waals surface area (Å²) in [5.74, 6) is 5.28. The van der Waals surface area contributed by atoms with Gasteiger partial charge in [-0.1, -0.05) is 30.0 Å². The van der Waals surface area contributed by atoms with Crippen LogP contribution in [0.4, 0.5) is 13.2 Å². The van der Waals surface area contributed by atoms with Gasteiger partial charge < -0.3 is 4.74 Å². The number of benzene rings is 2. The Balaban J connectivity index is 2.22. The highest BCUT2D eigenvalue weighted by atomic mass is 19.4. The summed E-state index contributed by atoms with van der Waals surface area (Å²) in [6.45, 7) is 2.01. The molecule has 5 heteroatoms. The van der Waals surface area contributed by atoms with Crippen molar-refractivity contribution in [3.05, 3.63) is 76.9 Å². The van der Waals surface area contributed by atoms with E-state index in [1.54, 1.807) is 37.3 Å². The Morgan fingerprint density at radius 1 is 1.08 bits per heavy atom. The van der Waals surface area contributed by atoms with E-state index in [0.29, 0.717) is 17.7 Å². The fourth-order valence-electron chi connectivity index (χ4n) is 1.99. The van der Waals surface area contributed by atoms with E-state index in [1.807, 2.05) is 0 Å². The molecule has 2 aromatic carbocycles. The molecule has 0 aromatic heterocycles. The maximum absolute atomic E-state index is 12.5. The van der Waals surface area contributed by atoms with Gasteiger partial charge in [0.1, 0.15) is 0 Å². The van der Waals surface area contributed by atoms with Crippen molar-refractivity contribution in [3.63, 3.8) is 0 Å². The van der Waals surface area contributed by atoms with Crippen LogP contribution in [0.2, 0.25) is 0 Å². The van der Waals surface area contributed by atoms with E-state index < -0.39 is 17.7 Å². The molecule has 25 heavy (non-hydrogen) atoms. The van der Waals surface area contributed by atoms with Crippen LogP contribution in [0.1, 0.15) is 29.2 Å². The van der Waals surface area contributed by atoms with Crippen molar-refractivity contribution in [1.29, 1.82) is 0 Å². The van der Waals surface area contributed by atoms with Crippen molar-refractivity contribution in [2.45, 2.75) is 13.1 Å². The highest BCUT2D eigenvalue weighted by Crippen LogP contribution is 2.28. The number of carbonyl (C=O) groups excluding carboxylic acids is 1. The molecule has 0 aliphatic heterocycles. The van der Waals surface area contributed by atoms with Gasteiger partial charge >= 0.3 is 12.1 Å². The molecular formula is C20H15F3O2. The van der Waals surface area contributed by atoms with Crippen molar-refractivity contribution in [3.8, 4) is 11.8 Å². The first-order valence-corrected chi connectivity index (χ1v) is 7.53. The molecule has 2 rings (SSSR count). The zero-order chi connectivity index (χ0) is 18.3. The van der Waals surface area contributed by atoms with E-state index in [-0.39, 0.29) is 0 Å². The van der Waals surface area contributed by atoms with Gasteiger partial charge in [-0.3, -0.25) is 0 Å². The SMILES string of the molecule is CCOC(=O)/C=C/c1ccccc1C#Cc1ccc(C(F)(F)F)cc1. The number of hydrogen-bond acceptors (Lipinski definition) is 2. The first-order chi connectivity index (χ1) is 11.9. The lowest BCUT2D eigenvalue weighted by Crippen LogP contribution is -2.04. The van der Waals surface area contributed by atoms with Gasteiger partial charge in [0.25, 0.3) is 0 Å². The molecule has 0 radical (unpaired) electrons. The van der Waals surface area contributed by atoms with Crippen molar-refractivity contribution in [1.82, 2.24) is 0 Å². The van der Waals surface area contributed by atoms with Gasteiger partial charge in [0.15, 0.2) is 0 Å². The highest BCUT2D eigenvalue weighted by molar-refractivity contribution is 5.87. The van der Waals surface area contributed by atoms with Crippen LogP contribution in [0, 0.1) is 11.8 Å². The molecule has 0 heterocycles. The van der Waals surface area contributed by atoms with E-state index in [2.05, 4.69) is 11.8 Å². The minimum Gasteiger partial charge on any atom is -0.463 e. The zero-order valence-corrected chi connectivity index (χ0v) is 13.4. The first-order valence-electron chi connectivity index (χ1n) is 7.53. The summed E-state index contributed by atoms with van der Waals surface area (Å²) in [5, 5.41) is 0. The summed E-state index contributed by atoms with van der Waals surface area (Å²) in [6.07, 6.45) is -1.46. The fraction of sp³-hybridized carbons (Fsp3) is 0.150. The molecule has 0 N–H and O–H groups in total. The third kappa shape index (κ3) is 5.54. The molecule has 0 saturated carbocycles. The number of halogens is 3. The quantitative estimate of drug-likeness (QED) is 0.459. The van der Waals surface area contributed by atoms with E-state index in [0.717, 1.165) is 17.7 Å². The van der Waals surface area contributed by atoms with Crippen molar-refractivity contribution >= 4 is 12.0 Å². The lowest BCUT2D eigenvalue weighted by molar-refractivity contribution is -0.138. The largest absolute Gasteiger partial charge is 0.463 e. The molecular weight excluding hydrogens is 329 g/mol. The second-order valence-electron chi connectivity index (χ2n) is 5.00. The number of alkyl halides is 3. The maximum Gasteiger partial charge on any atom is 0.416 e. The van der Waals surface area contributed by atoms with Gasteiger partial charge in [0, 0.05) is 17.2 Å². The zero-order valence-electron chi connectivity index (χ0n) is 13.4. The molecule has 0 amide bonds. The van der Waals surface area contributed by atoms with Gasteiger partial charge in [-0.2, -0.15) is 13.2 Å². The van der Waals surface area contributed by atoms with E-state index in [1.165, 1.54) is 18.2 Å². The van der Waals surface area contributed by atoms with Gasteiger partial charge in [0.05, 0.1) is 12.2 Å². The summed E-state index contributed by atoms with van der Waals surface area (Å²) >= 11 is 0. The third-order valence-electron chi connectivity index (χ3n) is 3.20. The van der Waals surface area contributed by atoms with Crippen molar-refractivity contribution in [2.75, 3.05) is 6.61 Å². The van der Waals surface area contributed by atoms with Crippen LogP contribution in [-0.4, -0.2) is 12.6 Å². The number of carbonyl (C=O) groups is 1. The van der Waals surface area contributed by atoms with Crippen LogP contribution >= 0.6 is 0 Å². The average Bonchev–Trinajstić information content (AvgIpc) is 2.59. The smallest absolute Gasteiger partial charge is 0.416 e. The Hall–Kier alpha value is -3.00. The molecule has 0 spiro atoms. The molecule has 0 fully saturated rings.